The molecule has 0 bridgehead atoms. The number of hydrogen-bond acceptors (Lipinski definition) is 6. The van der Waals surface area contributed by atoms with Crippen molar-refractivity contribution in [2.24, 2.45) is 5.14 Å². The number of rotatable bonds is 6. The van der Waals surface area contributed by atoms with Gasteiger partial charge in [-0.05, 0) is 43.2 Å². The molecule has 0 amide bonds. The summed E-state index contributed by atoms with van der Waals surface area (Å²) < 4.78 is 22.6. The minimum atomic E-state index is -3.70. The molecule has 0 saturated carbocycles. The van der Waals surface area contributed by atoms with Crippen molar-refractivity contribution in [2.75, 3.05) is 11.9 Å². The number of nitrogens with zero attached hydrogens (tertiary/aromatic N) is 2. The third-order valence-corrected chi connectivity index (χ3v) is 5.04. The number of nitro benzene ring substituents is 1. The standard InChI is InChI=1S/C18H18N4O4S/c1-12-10-18(16-11-14(22(23)24)4-7-17(16)21-12)20-9-8-13-2-5-15(6-3-13)27(19,25)26/h2-7,10-11H,8-9H2,1H3,(H,20,21)(H2,19,25,26). The first-order valence-corrected chi connectivity index (χ1v) is 9.70. The molecular weight excluding hydrogens is 368 g/mol. The Labute approximate surface area is 156 Å². The molecule has 0 aliphatic rings. The number of hydrogen-bond donors (Lipinski definition) is 2. The van der Waals surface area contributed by atoms with E-state index in [9.17, 15) is 18.5 Å². The Kier molecular flexibility index (Phi) is 5.06. The van der Waals surface area contributed by atoms with Crippen LogP contribution < -0.4 is 10.5 Å². The summed E-state index contributed by atoms with van der Waals surface area (Å²) in [6.45, 7) is 2.42. The monoisotopic (exact) mass is 386 g/mol. The second-order valence-corrected chi connectivity index (χ2v) is 7.70. The zero-order valence-electron chi connectivity index (χ0n) is 14.5. The number of anilines is 1. The number of sulfonamides is 1. The summed E-state index contributed by atoms with van der Waals surface area (Å²) in [6.07, 6.45) is 0.642. The number of non-ortho nitro benzene ring substituents is 1. The Hall–Kier alpha value is -3.04. The predicted octanol–water partition coefficient (Wildman–Crippen LogP) is 2.75. The van der Waals surface area contributed by atoms with Gasteiger partial charge in [0.05, 0.1) is 15.3 Å². The molecular formula is C18H18N4O4S. The number of aryl methyl sites for hydroxylation is 1. The normalized spacial score (nSPS) is 11.5. The lowest BCUT2D eigenvalue weighted by atomic mass is 10.1. The van der Waals surface area contributed by atoms with E-state index < -0.39 is 14.9 Å². The third-order valence-electron chi connectivity index (χ3n) is 4.11. The SMILES string of the molecule is Cc1cc(NCCc2ccc(S(N)(=O)=O)cc2)c2cc([N+](=O)[O-])ccc2n1. The van der Waals surface area contributed by atoms with Gasteiger partial charge >= 0.3 is 0 Å². The van der Waals surface area contributed by atoms with E-state index in [0.29, 0.717) is 23.9 Å². The van der Waals surface area contributed by atoms with Crippen molar-refractivity contribution in [2.45, 2.75) is 18.2 Å². The number of nitrogens with one attached hydrogen (secondary N) is 1. The molecule has 9 heteroatoms. The van der Waals surface area contributed by atoms with Crippen LogP contribution in [0.25, 0.3) is 10.9 Å². The highest BCUT2D eigenvalue weighted by Gasteiger charge is 2.11. The number of benzene rings is 2. The van der Waals surface area contributed by atoms with Crippen LogP contribution in [0, 0.1) is 17.0 Å². The van der Waals surface area contributed by atoms with Crippen molar-refractivity contribution in [1.29, 1.82) is 0 Å². The number of nitrogens with two attached hydrogens (primary N) is 1. The molecule has 0 aliphatic carbocycles. The van der Waals surface area contributed by atoms with Gasteiger partial charge in [0, 0.05) is 35.4 Å². The summed E-state index contributed by atoms with van der Waals surface area (Å²) in [6, 6.07) is 12.8. The Morgan fingerprint density at radius 1 is 1.15 bits per heavy atom. The first-order chi connectivity index (χ1) is 12.7. The fraction of sp³-hybridized carbons (Fsp3) is 0.167. The zero-order valence-corrected chi connectivity index (χ0v) is 15.4. The van der Waals surface area contributed by atoms with Crippen molar-refractivity contribution in [1.82, 2.24) is 4.98 Å². The van der Waals surface area contributed by atoms with Gasteiger partial charge in [0.2, 0.25) is 10.0 Å². The third kappa shape index (κ3) is 4.39. The van der Waals surface area contributed by atoms with Crippen molar-refractivity contribution in [3.63, 3.8) is 0 Å². The number of nitro groups is 1. The van der Waals surface area contributed by atoms with Crippen LogP contribution in [0.4, 0.5) is 11.4 Å². The summed E-state index contributed by atoms with van der Waals surface area (Å²) in [5.74, 6) is 0. The topological polar surface area (TPSA) is 128 Å². The minimum absolute atomic E-state index is 0.00906. The Bertz CT molecular complexity index is 1110. The molecule has 3 N–H and O–H groups in total. The molecule has 0 spiro atoms. The molecule has 3 rings (SSSR count). The molecule has 1 heterocycles. The van der Waals surface area contributed by atoms with E-state index in [0.717, 1.165) is 16.9 Å². The maximum Gasteiger partial charge on any atom is 0.270 e. The molecule has 3 aromatic rings. The summed E-state index contributed by atoms with van der Waals surface area (Å²) in [4.78, 5) is 15.1. The fourth-order valence-corrected chi connectivity index (χ4v) is 3.31. The van der Waals surface area contributed by atoms with Gasteiger partial charge in [0.15, 0.2) is 0 Å². The molecule has 0 aliphatic heterocycles. The number of pyridine rings is 1. The number of primary sulfonamides is 1. The molecule has 27 heavy (non-hydrogen) atoms. The maximum atomic E-state index is 11.3. The van der Waals surface area contributed by atoms with E-state index in [-0.39, 0.29) is 10.6 Å². The van der Waals surface area contributed by atoms with Gasteiger partial charge < -0.3 is 5.32 Å². The van der Waals surface area contributed by atoms with Crippen LogP contribution in [0.2, 0.25) is 0 Å². The van der Waals surface area contributed by atoms with Crippen molar-refractivity contribution in [3.05, 3.63) is 69.9 Å². The van der Waals surface area contributed by atoms with Gasteiger partial charge in [-0.3, -0.25) is 15.1 Å². The lowest BCUT2D eigenvalue weighted by molar-refractivity contribution is -0.384. The minimum Gasteiger partial charge on any atom is -0.384 e. The van der Waals surface area contributed by atoms with Crippen LogP contribution in [0.3, 0.4) is 0 Å². The average Bonchev–Trinajstić information content (AvgIpc) is 2.60. The van der Waals surface area contributed by atoms with Gasteiger partial charge in [-0.1, -0.05) is 12.1 Å². The van der Waals surface area contributed by atoms with Crippen molar-refractivity contribution >= 4 is 32.3 Å². The average molecular weight is 386 g/mol. The quantitative estimate of drug-likeness (QED) is 0.495. The summed E-state index contributed by atoms with van der Waals surface area (Å²) in [5.41, 5.74) is 3.20. The molecule has 8 nitrogen and oxygen atoms in total. The second kappa shape index (κ2) is 7.29. The van der Waals surface area contributed by atoms with Crippen LogP contribution in [-0.2, 0) is 16.4 Å². The molecule has 0 radical (unpaired) electrons. The van der Waals surface area contributed by atoms with Gasteiger partial charge in [-0.2, -0.15) is 0 Å². The predicted molar refractivity (Wildman–Crippen MR) is 103 cm³/mol. The van der Waals surface area contributed by atoms with E-state index in [1.807, 2.05) is 13.0 Å². The molecule has 0 fully saturated rings. The van der Waals surface area contributed by atoms with E-state index in [1.165, 1.54) is 24.3 Å². The summed E-state index contributed by atoms with van der Waals surface area (Å²) in [7, 11) is -3.70. The molecule has 0 atom stereocenters. The van der Waals surface area contributed by atoms with E-state index in [2.05, 4.69) is 10.3 Å². The lowest BCUT2D eigenvalue weighted by Crippen LogP contribution is -2.12. The smallest absolute Gasteiger partial charge is 0.270 e. The Morgan fingerprint density at radius 3 is 2.48 bits per heavy atom. The van der Waals surface area contributed by atoms with Gasteiger partial charge in [0.1, 0.15) is 0 Å². The van der Waals surface area contributed by atoms with Crippen LogP contribution >= 0.6 is 0 Å². The Balaban J connectivity index is 1.78. The number of fused-ring (bicyclic) bond motifs is 1. The van der Waals surface area contributed by atoms with Crippen LogP contribution in [0.5, 0.6) is 0 Å². The maximum absolute atomic E-state index is 11.3. The summed E-state index contributed by atoms with van der Waals surface area (Å²) in [5, 5.41) is 20.1. The van der Waals surface area contributed by atoms with Crippen molar-refractivity contribution < 1.29 is 13.3 Å². The highest BCUT2D eigenvalue weighted by atomic mass is 32.2. The second-order valence-electron chi connectivity index (χ2n) is 6.14. The summed E-state index contributed by atoms with van der Waals surface area (Å²) >= 11 is 0. The van der Waals surface area contributed by atoms with Crippen molar-refractivity contribution in [3.8, 4) is 0 Å². The molecule has 1 aromatic heterocycles. The first kappa shape index (κ1) is 18.7. The van der Waals surface area contributed by atoms with Gasteiger partial charge in [0.25, 0.3) is 5.69 Å². The van der Waals surface area contributed by atoms with E-state index >= 15 is 0 Å². The zero-order chi connectivity index (χ0) is 19.6. The lowest BCUT2D eigenvalue weighted by Gasteiger charge is -2.11. The van der Waals surface area contributed by atoms with Crippen LogP contribution in [-0.4, -0.2) is 24.9 Å². The molecule has 0 saturated heterocycles. The number of aromatic nitrogens is 1. The first-order valence-electron chi connectivity index (χ1n) is 8.15. The fourth-order valence-electron chi connectivity index (χ4n) is 2.79. The van der Waals surface area contributed by atoms with E-state index in [1.54, 1.807) is 18.2 Å². The molecule has 2 aromatic carbocycles. The van der Waals surface area contributed by atoms with Gasteiger partial charge in [-0.15, -0.1) is 0 Å². The van der Waals surface area contributed by atoms with Crippen LogP contribution in [0.1, 0.15) is 11.3 Å². The molecule has 140 valence electrons. The van der Waals surface area contributed by atoms with E-state index in [4.69, 9.17) is 5.14 Å². The molecule has 0 unspecified atom stereocenters. The van der Waals surface area contributed by atoms with Crippen LogP contribution in [0.15, 0.2) is 53.4 Å². The Morgan fingerprint density at radius 2 is 1.85 bits per heavy atom. The highest BCUT2D eigenvalue weighted by molar-refractivity contribution is 7.89. The largest absolute Gasteiger partial charge is 0.384 e. The highest BCUT2D eigenvalue weighted by Crippen LogP contribution is 2.27. The van der Waals surface area contributed by atoms with Gasteiger partial charge in [-0.25, -0.2) is 13.6 Å².